The first-order chi connectivity index (χ1) is 11.7. The van der Waals surface area contributed by atoms with E-state index in [1.54, 1.807) is 0 Å². The van der Waals surface area contributed by atoms with E-state index in [2.05, 4.69) is 4.99 Å². The highest BCUT2D eigenvalue weighted by Crippen LogP contribution is 2.46. The summed E-state index contributed by atoms with van der Waals surface area (Å²) in [5.74, 6) is -3.24. The first kappa shape index (κ1) is 16.2. The number of nitrogens with zero attached hydrogens (tertiary/aromatic N) is 2. The zero-order valence-electron chi connectivity index (χ0n) is 12.8. The number of alkyl halides is 3. The number of benzene rings is 1. The van der Waals surface area contributed by atoms with Crippen molar-refractivity contribution in [3.05, 3.63) is 58.6 Å². The third-order valence-electron chi connectivity index (χ3n) is 4.86. The lowest BCUT2D eigenvalue weighted by atomic mass is 9.77. The quantitative estimate of drug-likeness (QED) is 0.623. The Morgan fingerprint density at radius 3 is 2.60 bits per heavy atom. The van der Waals surface area contributed by atoms with Crippen LogP contribution < -0.4 is 0 Å². The highest BCUT2D eigenvalue weighted by atomic mass is 19.4. The van der Waals surface area contributed by atoms with Gasteiger partial charge in [0.2, 0.25) is 0 Å². The number of allylic oxidation sites excluding steroid dienone is 2. The van der Waals surface area contributed by atoms with E-state index in [0.717, 1.165) is 17.2 Å². The molecule has 0 radical (unpaired) electrons. The number of hydrogen-bond acceptors (Lipinski definition) is 2. The monoisotopic (exact) mass is 358 g/mol. The summed E-state index contributed by atoms with van der Waals surface area (Å²) in [4.78, 5) is 5.41. The van der Waals surface area contributed by atoms with Crippen LogP contribution in [0.3, 0.4) is 0 Å². The fraction of sp³-hybridized carbons (Fsp3) is 0.353. The Labute approximate surface area is 139 Å². The van der Waals surface area contributed by atoms with Gasteiger partial charge in [-0.3, -0.25) is 4.99 Å². The van der Waals surface area contributed by atoms with Gasteiger partial charge in [-0.2, -0.15) is 13.2 Å². The molecule has 0 fully saturated rings. The molecule has 2 aliphatic heterocycles. The van der Waals surface area contributed by atoms with Crippen LogP contribution in [-0.4, -0.2) is 23.5 Å². The lowest BCUT2D eigenvalue weighted by molar-refractivity contribution is -0.0893. The molecule has 2 heterocycles. The average Bonchev–Trinajstić information content (AvgIpc) is 2.90. The fourth-order valence-electron chi connectivity index (χ4n) is 3.76. The second kappa shape index (κ2) is 5.12. The molecule has 0 saturated heterocycles. The maximum Gasteiger partial charge on any atom is 0.417 e. The summed E-state index contributed by atoms with van der Waals surface area (Å²) in [6.07, 6.45) is -2.24. The Balaban J connectivity index is 1.81. The van der Waals surface area contributed by atoms with Crippen molar-refractivity contribution < 1.29 is 26.3 Å². The fourth-order valence-corrected chi connectivity index (χ4v) is 3.76. The number of hydrogen-bond donors (Lipinski definition) is 0. The Morgan fingerprint density at radius 1 is 1.12 bits per heavy atom. The molecule has 0 bridgehead atoms. The lowest BCUT2D eigenvalue weighted by Crippen LogP contribution is -2.36. The molecule has 1 atom stereocenters. The van der Waals surface area contributed by atoms with Crippen molar-refractivity contribution in [3.63, 3.8) is 0 Å². The van der Waals surface area contributed by atoms with Crippen LogP contribution in [0.1, 0.15) is 24.0 Å². The van der Waals surface area contributed by atoms with Crippen molar-refractivity contribution in [2.24, 2.45) is 4.99 Å². The van der Waals surface area contributed by atoms with E-state index in [1.807, 2.05) is 0 Å². The lowest BCUT2D eigenvalue weighted by Gasteiger charge is -2.34. The van der Waals surface area contributed by atoms with E-state index >= 15 is 0 Å². The minimum absolute atomic E-state index is 0.0404. The predicted octanol–water partition coefficient (Wildman–Crippen LogP) is 4.52. The minimum atomic E-state index is -4.68. The molecule has 4 rings (SSSR count). The molecule has 1 aromatic rings. The van der Waals surface area contributed by atoms with Crippen LogP contribution >= 0.6 is 0 Å². The minimum Gasteiger partial charge on any atom is -0.327 e. The number of fused-ring (bicyclic) bond motifs is 3. The van der Waals surface area contributed by atoms with E-state index in [9.17, 15) is 26.3 Å². The molecule has 0 saturated carbocycles. The van der Waals surface area contributed by atoms with Gasteiger partial charge in [0.25, 0.3) is 0 Å². The van der Waals surface area contributed by atoms with Crippen molar-refractivity contribution in [3.8, 4) is 0 Å². The number of rotatable bonds is 0. The molecule has 132 valence electrons. The molecule has 0 unspecified atom stereocenters. The summed E-state index contributed by atoms with van der Waals surface area (Å²) in [5.41, 5.74) is -1.60. The molecule has 2 nitrogen and oxygen atoms in total. The third-order valence-corrected chi connectivity index (χ3v) is 4.86. The van der Waals surface area contributed by atoms with E-state index in [0.29, 0.717) is 30.9 Å². The number of halogens is 6. The van der Waals surface area contributed by atoms with Crippen molar-refractivity contribution in [1.29, 1.82) is 0 Å². The van der Waals surface area contributed by atoms with E-state index < -0.39 is 34.7 Å². The van der Waals surface area contributed by atoms with E-state index in [-0.39, 0.29) is 17.9 Å². The first-order valence-electron chi connectivity index (χ1n) is 7.72. The third kappa shape index (κ3) is 2.38. The standard InChI is InChI=1S/C17H12F6N2/c18-12-4-3-11-10(14(12)20)2-1-5-16(11)8-25-7-9(17(21,22)23)6-13(19)15(25)24-16/h3-4,6-7H,1-2,5,8H2/t16-/m1/s1. The van der Waals surface area contributed by atoms with Crippen molar-refractivity contribution in [1.82, 2.24) is 4.90 Å². The van der Waals surface area contributed by atoms with Crippen molar-refractivity contribution in [2.75, 3.05) is 6.54 Å². The first-order valence-corrected chi connectivity index (χ1v) is 7.72. The molecule has 1 aromatic carbocycles. The molecule has 25 heavy (non-hydrogen) atoms. The van der Waals surface area contributed by atoms with Crippen LogP contribution in [0, 0.1) is 11.6 Å². The Hall–Kier alpha value is -2.25. The summed E-state index contributed by atoms with van der Waals surface area (Å²) in [6, 6.07) is 2.37. The van der Waals surface area contributed by atoms with Crippen LogP contribution in [0.2, 0.25) is 0 Å². The van der Waals surface area contributed by atoms with Gasteiger partial charge in [0.15, 0.2) is 23.3 Å². The zero-order valence-corrected chi connectivity index (χ0v) is 12.8. The summed E-state index contributed by atoms with van der Waals surface area (Å²) >= 11 is 0. The Bertz CT molecular complexity index is 851. The Morgan fingerprint density at radius 2 is 1.88 bits per heavy atom. The average molecular weight is 358 g/mol. The van der Waals surface area contributed by atoms with Crippen LogP contribution in [0.4, 0.5) is 26.3 Å². The van der Waals surface area contributed by atoms with Crippen LogP contribution in [0.25, 0.3) is 0 Å². The van der Waals surface area contributed by atoms with Gasteiger partial charge in [-0.1, -0.05) is 6.07 Å². The highest BCUT2D eigenvalue weighted by molar-refractivity contribution is 6.00. The SMILES string of the molecule is FC1=CC(C(F)(F)F)=CN2C[C@@]3(CCCc4c3ccc(F)c4F)N=C12. The molecule has 8 heteroatoms. The van der Waals surface area contributed by atoms with Crippen LogP contribution in [0.15, 0.2) is 40.8 Å². The maximum absolute atomic E-state index is 14.2. The van der Waals surface area contributed by atoms with Crippen LogP contribution in [0.5, 0.6) is 0 Å². The summed E-state index contributed by atoms with van der Waals surface area (Å²) in [6.45, 7) is -0.0404. The van der Waals surface area contributed by atoms with Gasteiger partial charge in [-0.25, -0.2) is 13.2 Å². The summed E-state index contributed by atoms with van der Waals surface area (Å²) in [5, 5.41) is 0. The number of amidine groups is 1. The van der Waals surface area contributed by atoms with Crippen molar-refractivity contribution in [2.45, 2.75) is 31.0 Å². The van der Waals surface area contributed by atoms with Crippen molar-refractivity contribution >= 4 is 5.84 Å². The summed E-state index contributed by atoms with van der Waals surface area (Å²) < 4.78 is 80.5. The van der Waals surface area contributed by atoms with Gasteiger partial charge in [-0.05, 0) is 42.5 Å². The molecular formula is C17H12F6N2. The molecule has 0 N–H and O–H groups in total. The molecular weight excluding hydrogens is 346 g/mol. The molecule has 0 aromatic heterocycles. The maximum atomic E-state index is 14.2. The summed E-state index contributed by atoms with van der Waals surface area (Å²) in [7, 11) is 0. The van der Waals surface area contributed by atoms with Gasteiger partial charge in [-0.15, -0.1) is 0 Å². The van der Waals surface area contributed by atoms with Gasteiger partial charge in [0.05, 0.1) is 12.1 Å². The molecule has 0 amide bonds. The molecule has 3 aliphatic rings. The highest BCUT2D eigenvalue weighted by Gasteiger charge is 2.47. The second-order valence-corrected chi connectivity index (χ2v) is 6.41. The molecule has 1 spiro atoms. The van der Waals surface area contributed by atoms with Crippen LogP contribution in [-0.2, 0) is 12.0 Å². The normalized spacial score (nSPS) is 25.4. The largest absolute Gasteiger partial charge is 0.417 e. The zero-order chi connectivity index (χ0) is 18.0. The number of aliphatic imine (C=N–C) groups is 1. The van der Waals surface area contributed by atoms with Gasteiger partial charge in [0, 0.05) is 6.20 Å². The topological polar surface area (TPSA) is 15.6 Å². The van der Waals surface area contributed by atoms with Gasteiger partial charge in [0.1, 0.15) is 5.54 Å². The van der Waals surface area contributed by atoms with Gasteiger partial charge < -0.3 is 4.90 Å². The smallest absolute Gasteiger partial charge is 0.327 e. The van der Waals surface area contributed by atoms with E-state index in [4.69, 9.17) is 0 Å². The Kier molecular flexibility index (Phi) is 3.33. The van der Waals surface area contributed by atoms with Gasteiger partial charge >= 0.3 is 6.18 Å². The second-order valence-electron chi connectivity index (χ2n) is 6.41. The van der Waals surface area contributed by atoms with E-state index in [1.165, 1.54) is 6.07 Å². The predicted molar refractivity (Wildman–Crippen MR) is 78.4 cm³/mol. The molecule has 1 aliphatic carbocycles.